The average Bonchev–Trinajstić information content (AvgIpc) is 3.31. The Hall–Kier alpha value is -2.39. The van der Waals surface area contributed by atoms with E-state index in [4.69, 9.17) is 4.52 Å². The standard InChI is InChI=1S/C16H20N8O.ClH/c1-11-5-6-13(20-19-11)15-18-16(25-22-15)14-10-24(23-21-14)9-7-12-4-2-3-8-17-12;/h5-6,10,12,17H,2-4,7-9H2,1H3;1H. The van der Waals surface area contributed by atoms with E-state index in [1.807, 2.05) is 29.9 Å². The summed E-state index contributed by atoms with van der Waals surface area (Å²) in [6.45, 7) is 3.80. The number of rotatable bonds is 5. The normalized spacial score (nSPS) is 17.0. The van der Waals surface area contributed by atoms with Crippen LogP contribution in [0.2, 0.25) is 0 Å². The fourth-order valence-electron chi connectivity index (χ4n) is 2.91. The zero-order valence-corrected chi connectivity index (χ0v) is 15.3. The van der Waals surface area contributed by atoms with Gasteiger partial charge >= 0.3 is 0 Å². The SMILES string of the molecule is Cc1ccc(-c2noc(-c3cn(CCC4CCCCN4)nn3)n2)nn1.Cl. The first kappa shape index (κ1) is 18.4. The van der Waals surface area contributed by atoms with E-state index in [2.05, 4.69) is 36.0 Å². The molecule has 4 rings (SSSR count). The molecule has 0 aromatic carbocycles. The van der Waals surface area contributed by atoms with Gasteiger partial charge < -0.3 is 9.84 Å². The lowest BCUT2D eigenvalue weighted by Crippen LogP contribution is -2.34. The summed E-state index contributed by atoms with van der Waals surface area (Å²) in [5, 5.41) is 23.8. The summed E-state index contributed by atoms with van der Waals surface area (Å²) in [6.07, 6.45) is 6.67. The van der Waals surface area contributed by atoms with E-state index in [0.29, 0.717) is 29.1 Å². The predicted molar refractivity (Wildman–Crippen MR) is 96.6 cm³/mol. The highest BCUT2D eigenvalue weighted by Gasteiger charge is 2.16. The fraction of sp³-hybridized carbons (Fsp3) is 0.500. The van der Waals surface area contributed by atoms with E-state index in [0.717, 1.165) is 25.2 Å². The van der Waals surface area contributed by atoms with Crippen LogP contribution in [0.4, 0.5) is 0 Å². The third-order valence-electron chi connectivity index (χ3n) is 4.33. The Morgan fingerprint density at radius 1 is 1.19 bits per heavy atom. The van der Waals surface area contributed by atoms with Gasteiger partial charge in [0.1, 0.15) is 5.69 Å². The molecular weight excluding hydrogens is 356 g/mol. The molecule has 1 aliphatic rings. The molecule has 1 N–H and O–H groups in total. The van der Waals surface area contributed by atoms with Gasteiger partial charge in [0, 0.05) is 12.6 Å². The highest BCUT2D eigenvalue weighted by molar-refractivity contribution is 5.85. The number of aromatic nitrogens is 7. The molecule has 9 nitrogen and oxygen atoms in total. The summed E-state index contributed by atoms with van der Waals surface area (Å²) in [4.78, 5) is 4.34. The molecule has 1 fully saturated rings. The van der Waals surface area contributed by atoms with Gasteiger partial charge in [0.05, 0.1) is 11.9 Å². The number of hydrogen-bond donors (Lipinski definition) is 1. The molecule has 10 heteroatoms. The third-order valence-corrected chi connectivity index (χ3v) is 4.33. The predicted octanol–water partition coefficient (Wildman–Crippen LogP) is 2.05. The van der Waals surface area contributed by atoms with Crippen molar-refractivity contribution in [1.29, 1.82) is 0 Å². The molecule has 1 aliphatic heterocycles. The molecule has 0 radical (unpaired) electrons. The molecule has 3 aromatic rings. The van der Waals surface area contributed by atoms with E-state index in [9.17, 15) is 0 Å². The van der Waals surface area contributed by atoms with Crippen LogP contribution in [0.5, 0.6) is 0 Å². The number of aryl methyl sites for hydroxylation is 2. The van der Waals surface area contributed by atoms with E-state index < -0.39 is 0 Å². The number of halogens is 1. The van der Waals surface area contributed by atoms with Crippen LogP contribution in [-0.4, -0.2) is 47.9 Å². The Bertz CT molecular complexity index is 825. The molecule has 1 unspecified atom stereocenters. The van der Waals surface area contributed by atoms with Crippen molar-refractivity contribution in [2.45, 2.75) is 45.2 Å². The molecular formula is C16H21ClN8O. The van der Waals surface area contributed by atoms with Gasteiger partial charge in [-0.3, -0.25) is 4.68 Å². The first-order valence-electron chi connectivity index (χ1n) is 8.56. The van der Waals surface area contributed by atoms with Crippen LogP contribution in [0.25, 0.3) is 23.1 Å². The number of nitrogens with zero attached hydrogens (tertiary/aromatic N) is 7. The Morgan fingerprint density at radius 3 is 2.88 bits per heavy atom. The van der Waals surface area contributed by atoms with Crippen molar-refractivity contribution in [3.05, 3.63) is 24.0 Å². The van der Waals surface area contributed by atoms with Crippen LogP contribution in [0.1, 0.15) is 31.4 Å². The topological polar surface area (TPSA) is 107 Å². The number of hydrogen-bond acceptors (Lipinski definition) is 8. The molecule has 4 heterocycles. The van der Waals surface area contributed by atoms with E-state index >= 15 is 0 Å². The Labute approximate surface area is 157 Å². The van der Waals surface area contributed by atoms with Crippen LogP contribution >= 0.6 is 12.4 Å². The van der Waals surface area contributed by atoms with Gasteiger partial charge in [-0.15, -0.1) is 22.6 Å². The number of nitrogens with one attached hydrogen (secondary N) is 1. The van der Waals surface area contributed by atoms with Gasteiger partial charge in [0.2, 0.25) is 5.82 Å². The highest BCUT2D eigenvalue weighted by Crippen LogP contribution is 2.19. The van der Waals surface area contributed by atoms with Gasteiger partial charge in [0.15, 0.2) is 5.69 Å². The molecule has 26 heavy (non-hydrogen) atoms. The first-order chi connectivity index (χ1) is 12.3. The van der Waals surface area contributed by atoms with E-state index in [1.54, 1.807) is 0 Å². The van der Waals surface area contributed by atoms with Crippen LogP contribution in [0.15, 0.2) is 22.9 Å². The minimum atomic E-state index is 0. The minimum Gasteiger partial charge on any atom is -0.332 e. The lowest BCUT2D eigenvalue weighted by Gasteiger charge is -2.23. The van der Waals surface area contributed by atoms with Gasteiger partial charge in [-0.05, 0) is 44.9 Å². The minimum absolute atomic E-state index is 0. The lowest BCUT2D eigenvalue weighted by atomic mass is 10.0. The summed E-state index contributed by atoms with van der Waals surface area (Å²) < 4.78 is 7.11. The van der Waals surface area contributed by atoms with Gasteiger partial charge in [-0.25, -0.2) is 0 Å². The second kappa shape index (κ2) is 8.33. The number of piperidine rings is 1. The molecule has 0 spiro atoms. The average molecular weight is 377 g/mol. The second-order valence-corrected chi connectivity index (χ2v) is 6.29. The maximum absolute atomic E-state index is 5.29. The largest absolute Gasteiger partial charge is 0.332 e. The van der Waals surface area contributed by atoms with Crippen molar-refractivity contribution in [1.82, 2.24) is 40.6 Å². The molecule has 0 aliphatic carbocycles. The monoisotopic (exact) mass is 376 g/mol. The Kier molecular flexibility index (Phi) is 5.89. The van der Waals surface area contributed by atoms with Crippen molar-refractivity contribution in [2.24, 2.45) is 0 Å². The third kappa shape index (κ3) is 4.23. The molecule has 3 aromatic heterocycles. The lowest BCUT2D eigenvalue weighted by molar-refractivity contribution is 0.359. The summed E-state index contributed by atoms with van der Waals surface area (Å²) in [5.74, 6) is 0.725. The summed E-state index contributed by atoms with van der Waals surface area (Å²) >= 11 is 0. The summed E-state index contributed by atoms with van der Waals surface area (Å²) in [5.41, 5.74) is 1.97. The van der Waals surface area contributed by atoms with Crippen LogP contribution in [0.3, 0.4) is 0 Å². The Morgan fingerprint density at radius 2 is 2.12 bits per heavy atom. The van der Waals surface area contributed by atoms with Crippen LogP contribution in [0, 0.1) is 6.92 Å². The molecule has 1 atom stereocenters. The van der Waals surface area contributed by atoms with Gasteiger partial charge in [-0.2, -0.15) is 10.1 Å². The summed E-state index contributed by atoms with van der Waals surface area (Å²) in [7, 11) is 0. The van der Waals surface area contributed by atoms with Crippen molar-refractivity contribution in [3.8, 4) is 23.1 Å². The zero-order valence-electron chi connectivity index (χ0n) is 14.5. The smallest absolute Gasteiger partial charge is 0.280 e. The molecule has 0 bridgehead atoms. The zero-order chi connectivity index (χ0) is 17.1. The molecule has 0 amide bonds. The molecule has 138 valence electrons. The van der Waals surface area contributed by atoms with Gasteiger partial charge in [0.25, 0.3) is 5.89 Å². The summed E-state index contributed by atoms with van der Waals surface area (Å²) in [6, 6.07) is 4.23. The molecule has 1 saturated heterocycles. The van der Waals surface area contributed by atoms with Crippen molar-refractivity contribution < 1.29 is 4.52 Å². The van der Waals surface area contributed by atoms with Crippen molar-refractivity contribution in [3.63, 3.8) is 0 Å². The highest BCUT2D eigenvalue weighted by atomic mass is 35.5. The first-order valence-corrected chi connectivity index (χ1v) is 8.56. The van der Waals surface area contributed by atoms with Crippen molar-refractivity contribution in [2.75, 3.05) is 6.54 Å². The maximum Gasteiger partial charge on any atom is 0.280 e. The second-order valence-electron chi connectivity index (χ2n) is 6.29. The van der Waals surface area contributed by atoms with Crippen molar-refractivity contribution >= 4 is 12.4 Å². The maximum atomic E-state index is 5.29. The Balaban J connectivity index is 0.00000196. The van der Waals surface area contributed by atoms with Gasteiger partial charge in [-0.1, -0.05) is 16.8 Å². The molecule has 0 saturated carbocycles. The van der Waals surface area contributed by atoms with Crippen LogP contribution in [-0.2, 0) is 6.54 Å². The quantitative estimate of drug-likeness (QED) is 0.720. The van der Waals surface area contributed by atoms with E-state index in [-0.39, 0.29) is 12.4 Å². The van der Waals surface area contributed by atoms with E-state index in [1.165, 1.54) is 19.3 Å². The fourth-order valence-corrected chi connectivity index (χ4v) is 2.91. The van der Waals surface area contributed by atoms with Crippen LogP contribution < -0.4 is 5.32 Å².